The number of benzene rings is 2. The molecule has 174 valence electrons. The third kappa shape index (κ3) is 5.82. The van der Waals surface area contributed by atoms with Crippen LogP contribution in [0.3, 0.4) is 0 Å². The molecular weight excluding hydrogens is 412 g/mol. The molecule has 2 heterocycles. The predicted molar refractivity (Wildman–Crippen MR) is 134 cm³/mol. The van der Waals surface area contributed by atoms with Crippen molar-refractivity contribution in [2.24, 2.45) is 11.8 Å². The number of carbonyl (C=O) groups is 1. The van der Waals surface area contributed by atoms with Gasteiger partial charge in [-0.05, 0) is 55.5 Å². The Labute approximate surface area is 196 Å². The SMILES string of the molecule is COc1ccccc1Nc1cc(C(=O)NCCCN2C[C@H](C)C[C@@H](C)C2)c2ccccc2n1. The van der Waals surface area contributed by atoms with Gasteiger partial charge in [-0.2, -0.15) is 0 Å². The molecule has 1 amide bonds. The minimum absolute atomic E-state index is 0.0722. The van der Waals surface area contributed by atoms with Crippen molar-refractivity contribution in [3.8, 4) is 5.75 Å². The van der Waals surface area contributed by atoms with Crippen LogP contribution in [0.4, 0.5) is 11.5 Å². The molecule has 0 bridgehead atoms. The number of nitrogens with zero attached hydrogens (tertiary/aromatic N) is 2. The highest BCUT2D eigenvalue weighted by Gasteiger charge is 2.21. The molecule has 1 aliphatic rings. The largest absolute Gasteiger partial charge is 0.495 e. The Morgan fingerprint density at radius 3 is 2.61 bits per heavy atom. The van der Waals surface area contributed by atoms with Gasteiger partial charge in [-0.1, -0.05) is 44.2 Å². The van der Waals surface area contributed by atoms with Crippen LogP contribution in [0.15, 0.2) is 54.6 Å². The number of amides is 1. The summed E-state index contributed by atoms with van der Waals surface area (Å²) in [5.74, 6) is 2.76. The van der Waals surface area contributed by atoms with Gasteiger partial charge in [0, 0.05) is 25.0 Å². The van der Waals surface area contributed by atoms with Gasteiger partial charge in [0.05, 0.1) is 23.9 Å². The van der Waals surface area contributed by atoms with Gasteiger partial charge in [-0.15, -0.1) is 0 Å². The van der Waals surface area contributed by atoms with E-state index in [1.807, 2.05) is 54.6 Å². The molecule has 33 heavy (non-hydrogen) atoms. The van der Waals surface area contributed by atoms with Crippen LogP contribution in [0.1, 0.15) is 37.0 Å². The Balaban J connectivity index is 1.45. The summed E-state index contributed by atoms with van der Waals surface area (Å²) in [6, 6.07) is 17.2. The van der Waals surface area contributed by atoms with E-state index in [-0.39, 0.29) is 5.91 Å². The van der Waals surface area contributed by atoms with Crippen molar-refractivity contribution >= 4 is 28.3 Å². The number of hydrogen-bond acceptors (Lipinski definition) is 5. The molecule has 0 unspecified atom stereocenters. The summed E-state index contributed by atoms with van der Waals surface area (Å²) in [5.41, 5.74) is 2.20. The summed E-state index contributed by atoms with van der Waals surface area (Å²) in [6.07, 6.45) is 2.26. The maximum Gasteiger partial charge on any atom is 0.252 e. The van der Waals surface area contributed by atoms with Gasteiger partial charge in [0.15, 0.2) is 0 Å². The highest BCUT2D eigenvalue weighted by atomic mass is 16.5. The number of fused-ring (bicyclic) bond motifs is 1. The first kappa shape index (κ1) is 23.1. The van der Waals surface area contributed by atoms with E-state index in [9.17, 15) is 4.79 Å². The maximum atomic E-state index is 13.1. The number of para-hydroxylation sites is 3. The smallest absolute Gasteiger partial charge is 0.252 e. The lowest BCUT2D eigenvalue weighted by molar-refractivity contribution is 0.0949. The first-order chi connectivity index (χ1) is 16.0. The molecule has 0 aliphatic carbocycles. The van der Waals surface area contributed by atoms with E-state index in [1.165, 1.54) is 6.42 Å². The number of aromatic nitrogens is 1. The van der Waals surface area contributed by atoms with Crippen molar-refractivity contribution in [2.75, 3.05) is 38.6 Å². The van der Waals surface area contributed by atoms with Crippen LogP contribution in [-0.2, 0) is 0 Å². The predicted octanol–water partition coefficient (Wildman–Crippen LogP) is 5.08. The van der Waals surface area contributed by atoms with Gasteiger partial charge in [0.2, 0.25) is 0 Å². The summed E-state index contributed by atoms with van der Waals surface area (Å²) >= 11 is 0. The van der Waals surface area contributed by atoms with Gasteiger partial charge in [-0.25, -0.2) is 4.98 Å². The zero-order valence-corrected chi connectivity index (χ0v) is 19.8. The first-order valence-corrected chi connectivity index (χ1v) is 11.8. The lowest BCUT2D eigenvalue weighted by Gasteiger charge is -2.34. The van der Waals surface area contributed by atoms with Crippen LogP contribution in [0.25, 0.3) is 10.9 Å². The molecule has 6 nitrogen and oxygen atoms in total. The van der Waals surface area contributed by atoms with Crippen LogP contribution < -0.4 is 15.4 Å². The lowest BCUT2D eigenvalue weighted by atomic mass is 9.92. The van der Waals surface area contributed by atoms with Gasteiger partial charge in [0.1, 0.15) is 11.6 Å². The molecule has 4 rings (SSSR count). The zero-order chi connectivity index (χ0) is 23.2. The number of anilines is 2. The van der Waals surface area contributed by atoms with E-state index in [0.29, 0.717) is 17.9 Å². The van der Waals surface area contributed by atoms with Gasteiger partial charge in [-0.3, -0.25) is 4.79 Å². The average Bonchev–Trinajstić information content (AvgIpc) is 2.81. The number of methoxy groups -OCH3 is 1. The molecule has 0 spiro atoms. The maximum absolute atomic E-state index is 13.1. The number of piperidine rings is 1. The lowest BCUT2D eigenvalue weighted by Crippen LogP contribution is -2.40. The number of nitrogens with one attached hydrogen (secondary N) is 2. The highest BCUT2D eigenvalue weighted by molar-refractivity contribution is 6.07. The van der Waals surface area contributed by atoms with Gasteiger partial charge >= 0.3 is 0 Å². The van der Waals surface area contributed by atoms with E-state index >= 15 is 0 Å². The number of hydrogen-bond donors (Lipinski definition) is 2. The summed E-state index contributed by atoms with van der Waals surface area (Å²) < 4.78 is 5.44. The third-order valence-electron chi connectivity index (χ3n) is 6.21. The second-order valence-electron chi connectivity index (χ2n) is 9.21. The zero-order valence-electron chi connectivity index (χ0n) is 19.8. The Morgan fingerprint density at radius 1 is 1.09 bits per heavy atom. The molecule has 2 aromatic carbocycles. The van der Waals surface area contributed by atoms with Gasteiger partial charge < -0.3 is 20.3 Å². The van der Waals surface area contributed by atoms with Crippen LogP contribution >= 0.6 is 0 Å². The molecule has 1 aromatic heterocycles. The quantitative estimate of drug-likeness (QED) is 0.472. The molecule has 2 N–H and O–H groups in total. The van der Waals surface area contributed by atoms with E-state index < -0.39 is 0 Å². The summed E-state index contributed by atoms with van der Waals surface area (Å²) in [4.78, 5) is 20.4. The summed E-state index contributed by atoms with van der Waals surface area (Å²) in [7, 11) is 1.64. The Morgan fingerprint density at radius 2 is 1.82 bits per heavy atom. The molecule has 0 radical (unpaired) electrons. The Kier molecular flexibility index (Phi) is 7.45. The Bertz CT molecular complexity index is 1090. The second kappa shape index (κ2) is 10.7. The highest BCUT2D eigenvalue weighted by Crippen LogP contribution is 2.28. The van der Waals surface area contributed by atoms with Crippen molar-refractivity contribution < 1.29 is 9.53 Å². The van der Waals surface area contributed by atoms with Crippen LogP contribution in [0, 0.1) is 11.8 Å². The molecule has 2 atom stereocenters. The molecule has 1 saturated heterocycles. The van der Waals surface area contributed by atoms with Crippen molar-refractivity contribution in [3.63, 3.8) is 0 Å². The van der Waals surface area contributed by atoms with E-state index in [1.54, 1.807) is 7.11 Å². The number of rotatable bonds is 8. The van der Waals surface area contributed by atoms with E-state index in [0.717, 1.165) is 60.2 Å². The number of likely N-dealkylation sites (tertiary alicyclic amines) is 1. The number of pyridine rings is 1. The van der Waals surface area contributed by atoms with Crippen molar-refractivity contribution in [3.05, 3.63) is 60.2 Å². The molecular formula is C27H34N4O2. The molecule has 3 aromatic rings. The number of carbonyl (C=O) groups excluding carboxylic acids is 1. The fourth-order valence-electron chi connectivity index (χ4n) is 4.89. The van der Waals surface area contributed by atoms with Crippen molar-refractivity contribution in [2.45, 2.75) is 26.7 Å². The van der Waals surface area contributed by atoms with Crippen molar-refractivity contribution in [1.29, 1.82) is 0 Å². The monoisotopic (exact) mass is 446 g/mol. The van der Waals surface area contributed by atoms with Gasteiger partial charge in [0.25, 0.3) is 5.91 Å². The van der Waals surface area contributed by atoms with Crippen LogP contribution in [0.5, 0.6) is 5.75 Å². The third-order valence-corrected chi connectivity index (χ3v) is 6.21. The van der Waals surface area contributed by atoms with E-state index in [4.69, 9.17) is 9.72 Å². The van der Waals surface area contributed by atoms with Crippen LogP contribution in [-0.4, -0.2) is 49.1 Å². The Hall–Kier alpha value is -3.12. The molecule has 1 fully saturated rings. The topological polar surface area (TPSA) is 66.5 Å². The molecule has 1 aliphatic heterocycles. The van der Waals surface area contributed by atoms with Crippen molar-refractivity contribution in [1.82, 2.24) is 15.2 Å². The molecule has 0 saturated carbocycles. The fraction of sp³-hybridized carbons (Fsp3) is 0.407. The molecule has 6 heteroatoms. The minimum atomic E-state index is -0.0722. The average molecular weight is 447 g/mol. The minimum Gasteiger partial charge on any atom is -0.495 e. The van der Waals surface area contributed by atoms with E-state index in [2.05, 4.69) is 29.4 Å². The fourth-order valence-corrected chi connectivity index (χ4v) is 4.89. The van der Waals surface area contributed by atoms with Crippen LogP contribution in [0.2, 0.25) is 0 Å². The normalized spacial score (nSPS) is 18.8. The standard InChI is InChI=1S/C27H34N4O2/c1-19-15-20(2)18-31(17-19)14-8-13-28-27(32)22-16-26(29-23-10-5-4-9-21(22)23)30-24-11-6-7-12-25(24)33-3/h4-7,9-12,16,19-20H,8,13-15,17-18H2,1-3H3,(H,28,32)(H,29,30)/t19-,20-/m1/s1. The first-order valence-electron chi connectivity index (χ1n) is 11.8. The summed E-state index contributed by atoms with van der Waals surface area (Å²) in [6.45, 7) is 8.65. The number of ether oxygens (including phenoxy) is 1. The second-order valence-corrected chi connectivity index (χ2v) is 9.21. The summed E-state index contributed by atoms with van der Waals surface area (Å²) in [5, 5.41) is 7.27.